The Hall–Kier alpha value is -1.39. The van der Waals surface area contributed by atoms with E-state index in [2.05, 4.69) is 37.0 Å². The molecular formula is C15H20N2OS. The number of hydrogen-bond donors (Lipinski definition) is 1. The molecule has 0 aliphatic heterocycles. The van der Waals surface area contributed by atoms with Gasteiger partial charge in [0.2, 0.25) is 0 Å². The van der Waals surface area contributed by atoms with Gasteiger partial charge in [-0.2, -0.15) is 0 Å². The van der Waals surface area contributed by atoms with Crippen LogP contribution in [0.3, 0.4) is 0 Å². The van der Waals surface area contributed by atoms with Crippen LogP contribution in [0.5, 0.6) is 5.75 Å². The van der Waals surface area contributed by atoms with E-state index in [0.29, 0.717) is 6.61 Å². The van der Waals surface area contributed by atoms with Gasteiger partial charge in [-0.1, -0.05) is 12.1 Å². The molecule has 0 fully saturated rings. The number of rotatable bonds is 4. The summed E-state index contributed by atoms with van der Waals surface area (Å²) in [5, 5.41) is 0.978. The van der Waals surface area contributed by atoms with Gasteiger partial charge in [-0.3, -0.25) is 0 Å². The fourth-order valence-corrected chi connectivity index (χ4v) is 2.89. The molecule has 1 atom stereocenters. The molecule has 0 bridgehead atoms. The number of ether oxygens (including phenoxy) is 1. The van der Waals surface area contributed by atoms with Gasteiger partial charge < -0.3 is 10.5 Å². The molecule has 0 radical (unpaired) electrons. The highest BCUT2D eigenvalue weighted by atomic mass is 32.1. The lowest BCUT2D eigenvalue weighted by Crippen LogP contribution is -2.03. The van der Waals surface area contributed by atoms with Crippen molar-refractivity contribution < 1.29 is 4.74 Å². The van der Waals surface area contributed by atoms with Crippen LogP contribution in [0.25, 0.3) is 0 Å². The first-order valence-electron chi connectivity index (χ1n) is 6.39. The average molecular weight is 276 g/mol. The topological polar surface area (TPSA) is 48.1 Å². The monoisotopic (exact) mass is 276 g/mol. The van der Waals surface area contributed by atoms with Crippen LogP contribution in [0.1, 0.15) is 39.7 Å². The Morgan fingerprint density at radius 1 is 1.32 bits per heavy atom. The van der Waals surface area contributed by atoms with Crippen molar-refractivity contribution in [1.29, 1.82) is 0 Å². The zero-order chi connectivity index (χ0) is 14.0. The summed E-state index contributed by atoms with van der Waals surface area (Å²) in [5.74, 6) is 0.926. The SMILES string of the molecule is Cc1ccc(C)c(OCc2nc(C)c(C(C)N)s2)c1. The van der Waals surface area contributed by atoms with E-state index in [9.17, 15) is 0 Å². The second-order valence-electron chi connectivity index (χ2n) is 4.90. The number of benzene rings is 1. The summed E-state index contributed by atoms with van der Waals surface area (Å²) in [6.07, 6.45) is 0. The van der Waals surface area contributed by atoms with Crippen molar-refractivity contribution in [3.63, 3.8) is 0 Å². The van der Waals surface area contributed by atoms with Crippen LogP contribution in [0.4, 0.5) is 0 Å². The summed E-state index contributed by atoms with van der Waals surface area (Å²) in [5.41, 5.74) is 9.27. The lowest BCUT2D eigenvalue weighted by Gasteiger charge is -2.08. The Bertz CT molecular complexity index is 576. The van der Waals surface area contributed by atoms with Gasteiger partial charge in [0, 0.05) is 10.9 Å². The van der Waals surface area contributed by atoms with E-state index in [1.165, 1.54) is 5.56 Å². The number of aryl methyl sites for hydroxylation is 3. The van der Waals surface area contributed by atoms with Gasteiger partial charge in [0.1, 0.15) is 17.4 Å². The predicted octanol–water partition coefficient (Wildman–Crippen LogP) is 3.67. The average Bonchev–Trinajstić information content (AvgIpc) is 2.72. The van der Waals surface area contributed by atoms with Gasteiger partial charge in [-0.15, -0.1) is 11.3 Å². The van der Waals surface area contributed by atoms with Crippen molar-refractivity contribution in [2.24, 2.45) is 5.73 Å². The molecule has 0 saturated carbocycles. The van der Waals surface area contributed by atoms with Gasteiger partial charge in [-0.25, -0.2) is 4.98 Å². The maximum absolute atomic E-state index is 5.91. The normalized spacial score (nSPS) is 12.5. The maximum Gasteiger partial charge on any atom is 0.140 e. The number of nitrogens with zero attached hydrogens (tertiary/aromatic N) is 1. The summed E-state index contributed by atoms with van der Waals surface area (Å²) in [4.78, 5) is 5.65. The fourth-order valence-electron chi connectivity index (χ4n) is 1.95. The third-order valence-corrected chi connectivity index (χ3v) is 4.32. The molecule has 0 aliphatic rings. The van der Waals surface area contributed by atoms with Gasteiger partial charge >= 0.3 is 0 Å². The van der Waals surface area contributed by atoms with Crippen LogP contribution in [-0.2, 0) is 6.61 Å². The second kappa shape index (κ2) is 5.72. The zero-order valence-electron chi connectivity index (χ0n) is 11.9. The van der Waals surface area contributed by atoms with E-state index in [1.54, 1.807) is 11.3 Å². The van der Waals surface area contributed by atoms with Crippen molar-refractivity contribution in [1.82, 2.24) is 4.98 Å². The van der Waals surface area contributed by atoms with Crippen LogP contribution < -0.4 is 10.5 Å². The Morgan fingerprint density at radius 2 is 2.05 bits per heavy atom. The summed E-state index contributed by atoms with van der Waals surface area (Å²) >= 11 is 1.64. The minimum absolute atomic E-state index is 0.0342. The van der Waals surface area contributed by atoms with Crippen molar-refractivity contribution in [2.45, 2.75) is 40.3 Å². The van der Waals surface area contributed by atoms with E-state index < -0.39 is 0 Å². The minimum atomic E-state index is 0.0342. The molecular weight excluding hydrogens is 256 g/mol. The predicted molar refractivity (Wildman–Crippen MR) is 79.7 cm³/mol. The standard InChI is InChI=1S/C15H20N2OS/c1-9-5-6-10(2)13(7-9)18-8-14-17-12(4)15(19-14)11(3)16/h5-7,11H,8,16H2,1-4H3. The molecule has 1 aromatic carbocycles. The van der Waals surface area contributed by atoms with Crippen LogP contribution >= 0.6 is 11.3 Å². The third-order valence-electron chi connectivity index (χ3n) is 2.99. The molecule has 102 valence electrons. The Balaban J connectivity index is 2.10. The number of hydrogen-bond acceptors (Lipinski definition) is 4. The van der Waals surface area contributed by atoms with Gasteiger partial charge in [0.05, 0.1) is 5.69 Å². The molecule has 0 aliphatic carbocycles. The van der Waals surface area contributed by atoms with E-state index >= 15 is 0 Å². The molecule has 2 rings (SSSR count). The molecule has 2 N–H and O–H groups in total. The van der Waals surface area contributed by atoms with Crippen molar-refractivity contribution in [3.05, 3.63) is 44.9 Å². The minimum Gasteiger partial charge on any atom is -0.486 e. The smallest absolute Gasteiger partial charge is 0.140 e. The summed E-state index contributed by atoms with van der Waals surface area (Å²) in [6, 6.07) is 6.25. The molecule has 0 spiro atoms. The van der Waals surface area contributed by atoms with Crippen molar-refractivity contribution in [2.75, 3.05) is 0 Å². The fraction of sp³-hybridized carbons (Fsp3) is 0.400. The number of thiazole rings is 1. The van der Waals surface area contributed by atoms with Gasteiger partial charge in [0.15, 0.2) is 0 Å². The van der Waals surface area contributed by atoms with Gasteiger partial charge in [0.25, 0.3) is 0 Å². The first-order chi connectivity index (χ1) is 8.97. The first kappa shape index (κ1) is 14.0. The lowest BCUT2D eigenvalue weighted by molar-refractivity contribution is 0.303. The highest BCUT2D eigenvalue weighted by molar-refractivity contribution is 7.11. The van der Waals surface area contributed by atoms with E-state index in [-0.39, 0.29) is 6.04 Å². The summed E-state index contributed by atoms with van der Waals surface area (Å²) in [6.45, 7) is 8.60. The highest BCUT2D eigenvalue weighted by Gasteiger charge is 2.11. The van der Waals surface area contributed by atoms with Gasteiger partial charge in [-0.05, 0) is 44.9 Å². The van der Waals surface area contributed by atoms with Crippen LogP contribution in [0, 0.1) is 20.8 Å². The Morgan fingerprint density at radius 3 is 2.68 bits per heavy atom. The molecule has 1 unspecified atom stereocenters. The van der Waals surface area contributed by atoms with Crippen molar-refractivity contribution in [3.8, 4) is 5.75 Å². The molecule has 0 saturated heterocycles. The molecule has 19 heavy (non-hydrogen) atoms. The highest BCUT2D eigenvalue weighted by Crippen LogP contribution is 2.25. The number of nitrogens with two attached hydrogens (primary N) is 1. The van der Waals surface area contributed by atoms with E-state index in [4.69, 9.17) is 10.5 Å². The van der Waals surface area contributed by atoms with Crippen LogP contribution in [0.2, 0.25) is 0 Å². The quantitative estimate of drug-likeness (QED) is 0.927. The van der Waals surface area contributed by atoms with Crippen molar-refractivity contribution >= 4 is 11.3 Å². The van der Waals surface area contributed by atoms with E-state index in [0.717, 1.165) is 26.9 Å². The maximum atomic E-state index is 5.91. The molecule has 0 amide bonds. The lowest BCUT2D eigenvalue weighted by atomic mass is 10.1. The van der Waals surface area contributed by atoms with E-state index in [1.807, 2.05) is 13.8 Å². The Kier molecular flexibility index (Phi) is 4.22. The van der Waals surface area contributed by atoms with Crippen LogP contribution in [-0.4, -0.2) is 4.98 Å². The number of aromatic nitrogens is 1. The first-order valence-corrected chi connectivity index (χ1v) is 7.21. The molecule has 1 aromatic heterocycles. The zero-order valence-corrected chi connectivity index (χ0v) is 12.7. The summed E-state index contributed by atoms with van der Waals surface area (Å²) < 4.78 is 5.86. The van der Waals surface area contributed by atoms with Crippen LogP contribution in [0.15, 0.2) is 18.2 Å². The molecule has 1 heterocycles. The molecule has 4 heteroatoms. The second-order valence-corrected chi connectivity index (χ2v) is 6.02. The molecule has 3 nitrogen and oxygen atoms in total. The molecule has 2 aromatic rings. The Labute approximate surface area is 118 Å². The third kappa shape index (κ3) is 3.33. The largest absolute Gasteiger partial charge is 0.486 e. The summed E-state index contributed by atoms with van der Waals surface area (Å²) in [7, 11) is 0.